The third-order valence-corrected chi connectivity index (χ3v) is 2.90. The van der Waals surface area contributed by atoms with Gasteiger partial charge in [-0.15, -0.1) is 0 Å². The van der Waals surface area contributed by atoms with E-state index in [0.29, 0.717) is 23.6 Å². The number of oxime groups is 1. The van der Waals surface area contributed by atoms with Gasteiger partial charge in [0.15, 0.2) is 5.84 Å². The first-order valence-electron chi connectivity index (χ1n) is 6.55. The van der Waals surface area contributed by atoms with Crippen LogP contribution in [0.25, 0.3) is 0 Å². The Labute approximate surface area is 123 Å². The van der Waals surface area contributed by atoms with Gasteiger partial charge in [0.2, 0.25) is 0 Å². The SMILES string of the molecule is CCCN(CC(N)=NO)C(=O)c1cc(OC)ccc1OC. The fourth-order valence-electron chi connectivity index (χ4n) is 1.90. The highest BCUT2D eigenvalue weighted by molar-refractivity contribution is 5.99. The molecule has 7 heteroatoms. The summed E-state index contributed by atoms with van der Waals surface area (Å²) in [5.41, 5.74) is 5.87. The molecule has 0 radical (unpaired) electrons. The zero-order valence-electron chi connectivity index (χ0n) is 12.5. The normalized spacial score (nSPS) is 11.1. The number of nitrogens with zero attached hydrogens (tertiary/aromatic N) is 2. The fourth-order valence-corrected chi connectivity index (χ4v) is 1.90. The molecule has 7 nitrogen and oxygen atoms in total. The van der Waals surface area contributed by atoms with Crippen LogP contribution in [0.2, 0.25) is 0 Å². The summed E-state index contributed by atoms with van der Waals surface area (Å²) in [7, 11) is 3.02. The van der Waals surface area contributed by atoms with E-state index in [-0.39, 0.29) is 18.3 Å². The first kappa shape index (κ1) is 16.6. The second kappa shape index (κ2) is 7.98. The van der Waals surface area contributed by atoms with Crippen LogP contribution in [-0.2, 0) is 0 Å². The largest absolute Gasteiger partial charge is 0.497 e. The lowest BCUT2D eigenvalue weighted by molar-refractivity contribution is 0.0774. The maximum Gasteiger partial charge on any atom is 0.258 e. The van der Waals surface area contributed by atoms with Gasteiger partial charge >= 0.3 is 0 Å². The van der Waals surface area contributed by atoms with Crippen LogP contribution in [0.5, 0.6) is 11.5 Å². The fraction of sp³-hybridized carbons (Fsp3) is 0.429. The van der Waals surface area contributed by atoms with E-state index in [0.717, 1.165) is 6.42 Å². The van der Waals surface area contributed by atoms with E-state index in [4.69, 9.17) is 20.4 Å². The molecular weight excluding hydrogens is 274 g/mol. The number of amidine groups is 1. The quantitative estimate of drug-likeness (QED) is 0.342. The van der Waals surface area contributed by atoms with E-state index < -0.39 is 0 Å². The molecule has 1 rings (SSSR count). The van der Waals surface area contributed by atoms with Crippen LogP contribution in [0, 0.1) is 0 Å². The Morgan fingerprint density at radius 2 is 2.10 bits per heavy atom. The number of amides is 1. The van der Waals surface area contributed by atoms with Crippen molar-refractivity contribution in [1.82, 2.24) is 4.90 Å². The summed E-state index contributed by atoms with van der Waals surface area (Å²) in [6.07, 6.45) is 0.747. The summed E-state index contributed by atoms with van der Waals surface area (Å²) in [6.45, 7) is 2.47. The van der Waals surface area contributed by atoms with Crippen molar-refractivity contribution >= 4 is 11.7 Å². The number of carbonyl (C=O) groups excluding carboxylic acids is 1. The van der Waals surface area contributed by atoms with E-state index in [1.807, 2.05) is 6.92 Å². The lowest BCUT2D eigenvalue weighted by Gasteiger charge is -2.22. The molecular formula is C14H21N3O4. The third kappa shape index (κ3) is 4.27. The summed E-state index contributed by atoms with van der Waals surface area (Å²) in [4.78, 5) is 14.1. The van der Waals surface area contributed by atoms with Gasteiger partial charge < -0.3 is 25.3 Å². The molecule has 1 aromatic rings. The first-order chi connectivity index (χ1) is 10.1. The van der Waals surface area contributed by atoms with Crippen molar-refractivity contribution in [3.05, 3.63) is 23.8 Å². The molecule has 0 saturated heterocycles. The number of methoxy groups -OCH3 is 2. The van der Waals surface area contributed by atoms with Crippen LogP contribution >= 0.6 is 0 Å². The molecule has 0 bridgehead atoms. The predicted molar refractivity (Wildman–Crippen MR) is 79.1 cm³/mol. The highest BCUT2D eigenvalue weighted by Crippen LogP contribution is 2.25. The van der Waals surface area contributed by atoms with Gasteiger partial charge in [-0.05, 0) is 24.6 Å². The average Bonchev–Trinajstić information content (AvgIpc) is 2.52. The van der Waals surface area contributed by atoms with Gasteiger partial charge in [-0.3, -0.25) is 4.79 Å². The van der Waals surface area contributed by atoms with Crippen molar-refractivity contribution in [2.45, 2.75) is 13.3 Å². The van der Waals surface area contributed by atoms with Gasteiger partial charge in [0.25, 0.3) is 5.91 Å². The molecule has 0 aliphatic rings. The van der Waals surface area contributed by atoms with Crippen LogP contribution in [0.15, 0.2) is 23.4 Å². The maximum absolute atomic E-state index is 12.6. The summed E-state index contributed by atoms with van der Waals surface area (Å²) < 4.78 is 10.3. The van der Waals surface area contributed by atoms with Gasteiger partial charge in [0.1, 0.15) is 11.5 Å². The second-order valence-electron chi connectivity index (χ2n) is 4.38. The Morgan fingerprint density at radius 3 is 2.62 bits per heavy atom. The van der Waals surface area contributed by atoms with Crippen LogP contribution in [0.1, 0.15) is 23.7 Å². The average molecular weight is 295 g/mol. The monoisotopic (exact) mass is 295 g/mol. The number of rotatable bonds is 7. The first-order valence-corrected chi connectivity index (χ1v) is 6.55. The summed E-state index contributed by atoms with van der Waals surface area (Å²) in [6, 6.07) is 4.99. The Morgan fingerprint density at radius 1 is 1.38 bits per heavy atom. The third-order valence-electron chi connectivity index (χ3n) is 2.90. The van der Waals surface area contributed by atoms with Gasteiger partial charge in [-0.2, -0.15) is 0 Å². The van der Waals surface area contributed by atoms with Crippen molar-refractivity contribution in [1.29, 1.82) is 0 Å². The number of benzene rings is 1. The molecule has 0 fully saturated rings. The van der Waals surface area contributed by atoms with E-state index in [1.165, 1.54) is 19.1 Å². The number of nitrogens with two attached hydrogens (primary N) is 1. The molecule has 1 aromatic carbocycles. The Kier molecular flexibility index (Phi) is 6.32. The molecule has 0 saturated carbocycles. The number of carbonyl (C=O) groups is 1. The van der Waals surface area contributed by atoms with Gasteiger partial charge in [-0.1, -0.05) is 12.1 Å². The molecule has 1 amide bonds. The molecule has 0 aliphatic heterocycles. The lowest BCUT2D eigenvalue weighted by Crippen LogP contribution is -2.39. The number of hydrogen-bond donors (Lipinski definition) is 2. The molecule has 0 unspecified atom stereocenters. The van der Waals surface area contributed by atoms with E-state index >= 15 is 0 Å². The smallest absolute Gasteiger partial charge is 0.258 e. The number of hydrogen-bond acceptors (Lipinski definition) is 5. The zero-order chi connectivity index (χ0) is 15.8. The highest BCUT2D eigenvalue weighted by atomic mass is 16.5. The topological polar surface area (TPSA) is 97.4 Å². The minimum absolute atomic E-state index is 0.0290. The lowest BCUT2D eigenvalue weighted by atomic mass is 10.1. The van der Waals surface area contributed by atoms with Crippen molar-refractivity contribution in [2.75, 3.05) is 27.3 Å². The van der Waals surface area contributed by atoms with Crippen LogP contribution < -0.4 is 15.2 Å². The van der Waals surface area contributed by atoms with Gasteiger partial charge in [0, 0.05) is 6.54 Å². The Hall–Kier alpha value is -2.44. The zero-order valence-corrected chi connectivity index (χ0v) is 12.5. The molecule has 0 aliphatic carbocycles. The van der Waals surface area contributed by atoms with Crippen molar-refractivity contribution < 1.29 is 19.5 Å². The van der Waals surface area contributed by atoms with E-state index in [1.54, 1.807) is 18.2 Å². The van der Waals surface area contributed by atoms with E-state index in [2.05, 4.69) is 5.16 Å². The Balaban J connectivity index is 3.12. The molecule has 116 valence electrons. The van der Waals surface area contributed by atoms with Crippen molar-refractivity contribution in [2.24, 2.45) is 10.9 Å². The molecule has 0 atom stereocenters. The minimum atomic E-state index is -0.265. The van der Waals surface area contributed by atoms with Crippen molar-refractivity contribution in [3.8, 4) is 11.5 Å². The van der Waals surface area contributed by atoms with Gasteiger partial charge in [-0.25, -0.2) is 0 Å². The van der Waals surface area contributed by atoms with Crippen LogP contribution in [0.4, 0.5) is 0 Å². The summed E-state index contributed by atoms with van der Waals surface area (Å²) >= 11 is 0. The summed E-state index contributed by atoms with van der Waals surface area (Å²) in [5.74, 6) is 0.707. The van der Waals surface area contributed by atoms with Crippen LogP contribution in [0.3, 0.4) is 0 Å². The second-order valence-corrected chi connectivity index (χ2v) is 4.38. The molecule has 0 heterocycles. The van der Waals surface area contributed by atoms with E-state index in [9.17, 15) is 4.79 Å². The molecule has 0 spiro atoms. The summed E-state index contributed by atoms with van der Waals surface area (Å²) in [5, 5.41) is 11.6. The minimum Gasteiger partial charge on any atom is -0.497 e. The Bertz CT molecular complexity index is 517. The van der Waals surface area contributed by atoms with Crippen LogP contribution in [-0.4, -0.2) is 49.2 Å². The van der Waals surface area contributed by atoms with Gasteiger partial charge in [0.05, 0.1) is 26.3 Å². The predicted octanol–water partition coefficient (Wildman–Crippen LogP) is 1.30. The molecule has 0 aromatic heterocycles. The molecule has 21 heavy (non-hydrogen) atoms. The molecule has 3 N–H and O–H groups in total. The standard InChI is InChI=1S/C14H21N3O4/c1-4-7-17(9-13(15)16-19)14(18)11-8-10(20-2)5-6-12(11)21-3/h5-6,8,19H,4,7,9H2,1-3H3,(H2,15,16). The number of ether oxygens (including phenoxy) is 2. The maximum atomic E-state index is 12.6. The van der Waals surface area contributed by atoms with Crippen molar-refractivity contribution in [3.63, 3.8) is 0 Å². The highest BCUT2D eigenvalue weighted by Gasteiger charge is 2.21.